The Morgan fingerprint density at radius 2 is 2.11 bits per heavy atom. The van der Waals surface area contributed by atoms with E-state index in [0.29, 0.717) is 24.4 Å². The first-order valence-corrected chi connectivity index (χ1v) is 10.6. The molecule has 0 fully saturated rings. The third-order valence-electron chi connectivity index (χ3n) is 5.25. The van der Waals surface area contributed by atoms with Gasteiger partial charge in [-0.15, -0.1) is 11.3 Å². The zero-order valence-corrected chi connectivity index (χ0v) is 17.2. The minimum Gasteiger partial charge on any atom is -0.334 e. The summed E-state index contributed by atoms with van der Waals surface area (Å²) in [6, 6.07) is 7.70. The lowest BCUT2D eigenvalue weighted by Crippen LogP contribution is -2.35. The van der Waals surface area contributed by atoms with E-state index in [9.17, 15) is 9.59 Å². The molecule has 1 aromatic heterocycles. The average Bonchev–Trinajstić information content (AvgIpc) is 3.10. The highest BCUT2D eigenvalue weighted by atomic mass is 32.1. The van der Waals surface area contributed by atoms with E-state index in [1.165, 1.54) is 10.4 Å². The van der Waals surface area contributed by atoms with Crippen LogP contribution in [0, 0.1) is 12.8 Å². The highest BCUT2D eigenvalue weighted by Crippen LogP contribution is 2.27. The Labute approximate surface area is 165 Å². The summed E-state index contributed by atoms with van der Waals surface area (Å²) in [5, 5.41) is 5.10. The fourth-order valence-electron chi connectivity index (χ4n) is 3.71. The molecule has 0 radical (unpaired) electrons. The molecule has 5 heteroatoms. The van der Waals surface area contributed by atoms with Crippen molar-refractivity contribution in [3.63, 3.8) is 0 Å². The molecule has 1 N–H and O–H groups in total. The molecule has 1 unspecified atom stereocenters. The van der Waals surface area contributed by atoms with Crippen LogP contribution in [0.15, 0.2) is 29.6 Å². The molecule has 0 bridgehead atoms. The zero-order valence-electron chi connectivity index (χ0n) is 16.4. The van der Waals surface area contributed by atoms with Gasteiger partial charge in [0.25, 0.3) is 5.91 Å². The summed E-state index contributed by atoms with van der Waals surface area (Å²) in [5.41, 5.74) is 3.51. The van der Waals surface area contributed by atoms with Gasteiger partial charge in [-0.25, -0.2) is 0 Å². The average molecular weight is 385 g/mol. The largest absolute Gasteiger partial charge is 0.334 e. The van der Waals surface area contributed by atoms with E-state index in [-0.39, 0.29) is 11.8 Å². The highest BCUT2D eigenvalue weighted by Gasteiger charge is 2.24. The molecule has 4 nitrogen and oxygen atoms in total. The van der Waals surface area contributed by atoms with Crippen molar-refractivity contribution in [1.82, 2.24) is 4.90 Å². The van der Waals surface area contributed by atoms with Crippen molar-refractivity contribution in [1.29, 1.82) is 0 Å². The van der Waals surface area contributed by atoms with Gasteiger partial charge in [-0.05, 0) is 54.0 Å². The third kappa shape index (κ3) is 4.59. The topological polar surface area (TPSA) is 49.4 Å². The van der Waals surface area contributed by atoms with E-state index >= 15 is 0 Å². The number of rotatable bonds is 6. The lowest BCUT2D eigenvalue weighted by Gasteiger charge is -2.28. The number of carbonyl (C=O) groups excluding carboxylic acids is 2. The highest BCUT2D eigenvalue weighted by molar-refractivity contribution is 7.10. The second kappa shape index (κ2) is 8.70. The molecule has 0 spiro atoms. The van der Waals surface area contributed by atoms with Gasteiger partial charge in [0.1, 0.15) is 0 Å². The SMILES string of the molecule is CCCC(C)CC(=O)Nc1cccc(C(=O)N2CCc3sccc3C2)c1C. The first kappa shape index (κ1) is 19.6. The summed E-state index contributed by atoms with van der Waals surface area (Å²) >= 11 is 1.77. The third-order valence-corrected chi connectivity index (χ3v) is 6.27. The predicted octanol–water partition coefficient (Wildman–Crippen LogP) is 5.02. The predicted molar refractivity (Wildman–Crippen MR) is 111 cm³/mol. The van der Waals surface area contributed by atoms with Gasteiger partial charge in [0.2, 0.25) is 5.91 Å². The van der Waals surface area contributed by atoms with E-state index in [2.05, 4.69) is 30.6 Å². The molecule has 1 aromatic carbocycles. The van der Waals surface area contributed by atoms with E-state index < -0.39 is 0 Å². The van der Waals surface area contributed by atoms with Crippen LogP contribution in [0.25, 0.3) is 0 Å². The molecule has 2 amide bonds. The van der Waals surface area contributed by atoms with Gasteiger partial charge < -0.3 is 10.2 Å². The molecule has 27 heavy (non-hydrogen) atoms. The van der Waals surface area contributed by atoms with Crippen LogP contribution in [0.1, 0.15) is 59.5 Å². The number of benzene rings is 1. The number of hydrogen-bond acceptors (Lipinski definition) is 3. The number of carbonyl (C=O) groups is 2. The number of hydrogen-bond donors (Lipinski definition) is 1. The maximum absolute atomic E-state index is 13.1. The van der Waals surface area contributed by atoms with Crippen LogP contribution in [0.4, 0.5) is 5.69 Å². The number of anilines is 1. The van der Waals surface area contributed by atoms with Crippen LogP contribution in [0.3, 0.4) is 0 Å². The molecule has 2 aromatic rings. The zero-order chi connectivity index (χ0) is 19.4. The number of thiophene rings is 1. The lowest BCUT2D eigenvalue weighted by atomic mass is 10.0. The second-order valence-electron chi connectivity index (χ2n) is 7.47. The van der Waals surface area contributed by atoms with Gasteiger partial charge in [-0.3, -0.25) is 9.59 Å². The standard InChI is InChI=1S/C22H28N2O2S/c1-4-6-15(2)13-21(25)23-19-8-5-7-18(16(19)3)22(26)24-11-9-20-17(14-24)10-12-27-20/h5,7-8,10,12,15H,4,6,9,11,13-14H2,1-3H3,(H,23,25). The van der Waals surface area contributed by atoms with E-state index in [1.807, 2.05) is 30.0 Å². The normalized spacial score (nSPS) is 14.6. The number of nitrogens with zero attached hydrogens (tertiary/aromatic N) is 1. The first-order valence-electron chi connectivity index (χ1n) is 9.73. The van der Waals surface area contributed by atoms with Crippen LogP contribution >= 0.6 is 11.3 Å². The van der Waals surface area contributed by atoms with Gasteiger partial charge in [0.15, 0.2) is 0 Å². The molecule has 1 atom stereocenters. The fraction of sp³-hybridized carbons (Fsp3) is 0.455. The molecule has 3 rings (SSSR count). The maximum atomic E-state index is 13.1. The van der Waals surface area contributed by atoms with Crippen LogP contribution in [0.5, 0.6) is 0 Å². The summed E-state index contributed by atoms with van der Waals surface area (Å²) in [7, 11) is 0. The van der Waals surface area contributed by atoms with Crippen molar-refractivity contribution in [3.8, 4) is 0 Å². The van der Waals surface area contributed by atoms with Crippen molar-refractivity contribution < 1.29 is 9.59 Å². The van der Waals surface area contributed by atoms with Crippen molar-refractivity contribution in [2.24, 2.45) is 5.92 Å². The Kier molecular flexibility index (Phi) is 6.32. The van der Waals surface area contributed by atoms with E-state index in [4.69, 9.17) is 0 Å². The van der Waals surface area contributed by atoms with Gasteiger partial charge in [0, 0.05) is 35.6 Å². The number of nitrogens with one attached hydrogen (secondary N) is 1. The Balaban J connectivity index is 1.71. The quantitative estimate of drug-likeness (QED) is 0.760. The Hall–Kier alpha value is -2.14. The van der Waals surface area contributed by atoms with Crippen LogP contribution < -0.4 is 5.32 Å². The Bertz CT molecular complexity index is 827. The molecular formula is C22H28N2O2S. The van der Waals surface area contributed by atoms with E-state index in [0.717, 1.165) is 37.1 Å². The molecule has 1 aliphatic heterocycles. The molecule has 144 valence electrons. The summed E-state index contributed by atoms with van der Waals surface area (Å²) in [4.78, 5) is 28.7. The van der Waals surface area contributed by atoms with Gasteiger partial charge >= 0.3 is 0 Å². The van der Waals surface area contributed by atoms with E-state index in [1.54, 1.807) is 11.3 Å². The summed E-state index contributed by atoms with van der Waals surface area (Å²) < 4.78 is 0. The molecule has 0 aliphatic carbocycles. The lowest BCUT2D eigenvalue weighted by molar-refractivity contribution is -0.117. The summed E-state index contributed by atoms with van der Waals surface area (Å²) in [6.45, 7) is 7.57. The number of fused-ring (bicyclic) bond motifs is 1. The van der Waals surface area contributed by atoms with Crippen LogP contribution in [-0.2, 0) is 17.8 Å². The van der Waals surface area contributed by atoms with Gasteiger partial charge in [0.05, 0.1) is 0 Å². The van der Waals surface area contributed by atoms with Crippen molar-refractivity contribution in [2.45, 2.75) is 53.0 Å². The maximum Gasteiger partial charge on any atom is 0.254 e. The van der Waals surface area contributed by atoms with Crippen molar-refractivity contribution in [2.75, 3.05) is 11.9 Å². The first-order chi connectivity index (χ1) is 13.0. The number of amides is 2. The summed E-state index contributed by atoms with van der Waals surface area (Å²) in [6.07, 6.45) is 3.56. The van der Waals surface area contributed by atoms with Crippen molar-refractivity contribution >= 4 is 28.8 Å². The van der Waals surface area contributed by atoms with Crippen molar-refractivity contribution in [3.05, 3.63) is 51.2 Å². The fourth-order valence-corrected chi connectivity index (χ4v) is 4.60. The molecular weight excluding hydrogens is 356 g/mol. The smallest absolute Gasteiger partial charge is 0.254 e. The Morgan fingerprint density at radius 3 is 2.89 bits per heavy atom. The second-order valence-corrected chi connectivity index (χ2v) is 8.47. The summed E-state index contributed by atoms with van der Waals surface area (Å²) in [5.74, 6) is 0.428. The van der Waals surface area contributed by atoms with Crippen LogP contribution in [0.2, 0.25) is 0 Å². The van der Waals surface area contributed by atoms with Gasteiger partial charge in [-0.1, -0.05) is 32.8 Å². The Morgan fingerprint density at radius 1 is 1.30 bits per heavy atom. The minimum absolute atomic E-state index is 0.0181. The van der Waals surface area contributed by atoms with Crippen LogP contribution in [-0.4, -0.2) is 23.3 Å². The molecule has 0 saturated carbocycles. The molecule has 2 heterocycles. The van der Waals surface area contributed by atoms with Gasteiger partial charge in [-0.2, -0.15) is 0 Å². The molecule has 1 aliphatic rings. The molecule has 0 saturated heterocycles. The monoisotopic (exact) mass is 384 g/mol. The minimum atomic E-state index is 0.0181.